The first-order chi connectivity index (χ1) is 11.1. The van der Waals surface area contributed by atoms with Crippen LogP contribution in [0.3, 0.4) is 0 Å². The highest BCUT2D eigenvalue weighted by Crippen LogP contribution is 2.18. The SMILES string of the molecule is CN(Cc1ccccc1Br)C(=O)c1ccc(-n2cncn2)cc1. The van der Waals surface area contributed by atoms with Crippen LogP contribution in [-0.2, 0) is 6.54 Å². The van der Waals surface area contributed by atoms with E-state index in [0.29, 0.717) is 12.1 Å². The number of nitrogens with zero attached hydrogens (tertiary/aromatic N) is 4. The second-order valence-electron chi connectivity index (χ2n) is 5.14. The highest BCUT2D eigenvalue weighted by Gasteiger charge is 2.13. The van der Waals surface area contributed by atoms with Gasteiger partial charge in [-0.15, -0.1) is 0 Å². The quantitative estimate of drug-likeness (QED) is 0.707. The predicted octanol–water partition coefficient (Wildman–Crippen LogP) is 3.30. The minimum absolute atomic E-state index is 0.0223. The maximum Gasteiger partial charge on any atom is 0.253 e. The second kappa shape index (κ2) is 6.75. The number of hydrogen-bond acceptors (Lipinski definition) is 3. The van der Waals surface area contributed by atoms with Crippen molar-refractivity contribution < 1.29 is 4.79 Å². The minimum Gasteiger partial charge on any atom is -0.337 e. The van der Waals surface area contributed by atoms with E-state index in [4.69, 9.17) is 0 Å². The van der Waals surface area contributed by atoms with Crippen LogP contribution in [-0.4, -0.2) is 32.6 Å². The minimum atomic E-state index is -0.0223. The molecule has 0 aliphatic heterocycles. The third-order valence-electron chi connectivity index (χ3n) is 3.51. The molecule has 0 fully saturated rings. The third kappa shape index (κ3) is 3.48. The van der Waals surface area contributed by atoms with Gasteiger partial charge in [0.25, 0.3) is 5.91 Å². The second-order valence-corrected chi connectivity index (χ2v) is 5.99. The molecule has 0 N–H and O–H groups in total. The maximum absolute atomic E-state index is 12.5. The number of hydrogen-bond donors (Lipinski definition) is 0. The molecule has 0 saturated carbocycles. The summed E-state index contributed by atoms with van der Waals surface area (Å²) in [7, 11) is 1.80. The summed E-state index contributed by atoms with van der Waals surface area (Å²) in [5.41, 5.74) is 2.58. The Balaban J connectivity index is 1.73. The predicted molar refractivity (Wildman–Crippen MR) is 91.3 cm³/mol. The van der Waals surface area contributed by atoms with Crippen LogP contribution in [0.15, 0.2) is 65.7 Å². The lowest BCUT2D eigenvalue weighted by Gasteiger charge is -2.18. The van der Waals surface area contributed by atoms with E-state index in [-0.39, 0.29) is 5.91 Å². The van der Waals surface area contributed by atoms with Gasteiger partial charge in [0.2, 0.25) is 0 Å². The van der Waals surface area contributed by atoms with Crippen molar-refractivity contribution in [3.05, 3.63) is 76.8 Å². The summed E-state index contributed by atoms with van der Waals surface area (Å²) in [6.45, 7) is 0.547. The van der Waals surface area contributed by atoms with Gasteiger partial charge in [0.1, 0.15) is 12.7 Å². The van der Waals surface area contributed by atoms with E-state index in [1.165, 1.54) is 6.33 Å². The van der Waals surface area contributed by atoms with Gasteiger partial charge >= 0.3 is 0 Å². The highest BCUT2D eigenvalue weighted by molar-refractivity contribution is 9.10. The number of halogens is 1. The van der Waals surface area contributed by atoms with E-state index >= 15 is 0 Å². The molecule has 3 aromatic rings. The standard InChI is InChI=1S/C17H15BrN4O/c1-21(10-14-4-2-3-5-16(14)18)17(23)13-6-8-15(9-7-13)22-12-19-11-20-22/h2-9,11-12H,10H2,1H3. The van der Waals surface area contributed by atoms with E-state index in [1.807, 2.05) is 36.4 Å². The van der Waals surface area contributed by atoms with Gasteiger partial charge in [0, 0.05) is 23.6 Å². The third-order valence-corrected chi connectivity index (χ3v) is 4.28. The van der Waals surface area contributed by atoms with Crippen LogP contribution < -0.4 is 0 Å². The molecule has 5 nitrogen and oxygen atoms in total. The molecule has 1 amide bonds. The van der Waals surface area contributed by atoms with Crippen molar-refractivity contribution in [3.63, 3.8) is 0 Å². The number of aromatic nitrogens is 3. The molecule has 0 radical (unpaired) electrons. The molecule has 0 unspecified atom stereocenters. The van der Waals surface area contributed by atoms with E-state index < -0.39 is 0 Å². The van der Waals surface area contributed by atoms with Crippen LogP contribution in [0.4, 0.5) is 0 Å². The van der Waals surface area contributed by atoms with Crippen LogP contribution >= 0.6 is 15.9 Å². The molecule has 2 aromatic carbocycles. The first-order valence-electron chi connectivity index (χ1n) is 7.09. The Labute approximate surface area is 142 Å². The highest BCUT2D eigenvalue weighted by atomic mass is 79.9. The Morgan fingerprint density at radius 2 is 1.91 bits per heavy atom. The van der Waals surface area contributed by atoms with Gasteiger partial charge in [-0.2, -0.15) is 5.10 Å². The van der Waals surface area contributed by atoms with E-state index in [9.17, 15) is 4.79 Å². The van der Waals surface area contributed by atoms with Crippen molar-refractivity contribution in [1.82, 2.24) is 19.7 Å². The fourth-order valence-electron chi connectivity index (χ4n) is 2.27. The zero-order valence-electron chi connectivity index (χ0n) is 12.6. The van der Waals surface area contributed by atoms with Crippen LogP contribution in [0.1, 0.15) is 15.9 Å². The summed E-state index contributed by atoms with van der Waals surface area (Å²) < 4.78 is 2.65. The van der Waals surface area contributed by atoms with Crippen LogP contribution in [0, 0.1) is 0 Å². The Morgan fingerprint density at radius 3 is 2.57 bits per heavy atom. The molecular weight excluding hydrogens is 356 g/mol. The molecular formula is C17H15BrN4O. The van der Waals surface area contributed by atoms with Crippen molar-refractivity contribution in [2.75, 3.05) is 7.05 Å². The lowest BCUT2D eigenvalue weighted by Crippen LogP contribution is -2.26. The molecule has 116 valence electrons. The van der Waals surface area contributed by atoms with E-state index in [0.717, 1.165) is 15.7 Å². The number of benzene rings is 2. The average molecular weight is 371 g/mol. The first-order valence-corrected chi connectivity index (χ1v) is 7.88. The monoisotopic (exact) mass is 370 g/mol. The lowest BCUT2D eigenvalue weighted by molar-refractivity contribution is 0.0785. The summed E-state index contributed by atoms with van der Waals surface area (Å²) in [6, 6.07) is 15.2. The molecule has 6 heteroatoms. The Morgan fingerprint density at radius 1 is 1.17 bits per heavy atom. The number of carbonyl (C=O) groups is 1. The summed E-state index contributed by atoms with van der Waals surface area (Å²) in [5.74, 6) is -0.0223. The van der Waals surface area contributed by atoms with Gasteiger partial charge in [-0.3, -0.25) is 4.79 Å². The smallest absolute Gasteiger partial charge is 0.253 e. The van der Waals surface area contributed by atoms with Crippen molar-refractivity contribution in [2.45, 2.75) is 6.54 Å². The molecule has 0 saturated heterocycles. The fraction of sp³-hybridized carbons (Fsp3) is 0.118. The molecule has 23 heavy (non-hydrogen) atoms. The molecule has 1 heterocycles. The average Bonchev–Trinajstić information content (AvgIpc) is 3.11. The summed E-state index contributed by atoms with van der Waals surface area (Å²) in [5, 5.41) is 4.07. The van der Waals surface area contributed by atoms with Crippen LogP contribution in [0.5, 0.6) is 0 Å². The zero-order valence-corrected chi connectivity index (χ0v) is 14.1. The van der Waals surface area contributed by atoms with Crippen LogP contribution in [0.2, 0.25) is 0 Å². The van der Waals surface area contributed by atoms with Crippen LogP contribution in [0.25, 0.3) is 5.69 Å². The van der Waals surface area contributed by atoms with E-state index in [1.54, 1.807) is 35.1 Å². The molecule has 0 atom stereocenters. The first kappa shape index (κ1) is 15.4. The lowest BCUT2D eigenvalue weighted by atomic mass is 10.1. The van der Waals surface area contributed by atoms with Gasteiger partial charge in [0.05, 0.1) is 5.69 Å². The largest absolute Gasteiger partial charge is 0.337 e. The molecule has 0 aliphatic rings. The molecule has 0 bridgehead atoms. The fourth-order valence-corrected chi connectivity index (χ4v) is 2.68. The Kier molecular flexibility index (Phi) is 4.52. The van der Waals surface area contributed by atoms with Crippen molar-refractivity contribution in [3.8, 4) is 5.69 Å². The summed E-state index contributed by atoms with van der Waals surface area (Å²) in [4.78, 5) is 18.1. The molecule has 3 rings (SSSR count). The van der Waals surface area contributed by atoms with Crippen molar-refractivity contribution in [2.24, 2.45) is 0 Å². The molecule has 1 aromatic heterocycles. The number of rotatable bonds is 4. The molecule has 0 aliphatic carbocycles. The Bertz CT molecular complexity index is 800. The van der Waals surface area contributed by atoms with Crippen molar-refractivity contribution >= 4 is 21.8 Å². The van der Waals surface area contributed by atoms with Gasteiger partial charge < -0.3 is 4.90 Å². The Hall–Kier alpha value is -2.47. The molecule has 0 spiro atoms. The summed E-state index contributed by atoms with van der Waals surface area (Å²) >= 11 is 3.51. The zero-order chi connectivity index (χ0) is 16.2. The number of carbonyl (C=O) groups excluding carboxylic acids is 1. The van der Waals surface area contributed by atoms with Gasteiger partial charge in [0.15, 0.2) is 0 Å². The maximum atomic E-state index is 12.5. The van der Waals surface area contributed by atoms with Gasteiger partial charge in [-0.1, -0.05) is 34.1 Å². The van der Waals surface area contributed by atoms with Crippen molar-refractivity contribution in [1.29, 1.82) is 0 Å². The van der Waals surface area contributed by atoms with Gasteiger partial charge in [-0.25, -0.2) is 9.67 Å². The van der Waals surface area contributed by atoms with E-state index in [2.05, 4.69) is 26.0 Å². The normalized spacial score (nSPS) is 10.5. The topological polar surface area (TPSA) is 51.0 Å². The van der Waals surface area contributed by atoms with Gasteiger partial charge in [-0.05, 0) is 35.9 Å². The number of amides is 1. The summed E-state index contributed by atoms with van der Waals surface area (Å²) in [6.07, 6.45) is 3.10.